The molecule has 212 valence electrons. The fourth-order valence-electron chi connectivity index (χ4n) is 3.25. The lowest BCUT2D eigenvalue weighted by Gasteiger charge is -2.20. The fraction of sp³-hybridized carbons (Fsp3) is 0.160. The van der Waals surface area contributed by atoms with Crippen molar-refractivity contribution in [2.75, 3.05) is 16.4 Å². The van der Waals surface area contributed by atoms with Crippen LogP contribution in [-0.2, 0) is 22.0 Å². The van der Waals surface area contributed by atoms with Gasteiger partial charge in [0.2, 0.25) is 0 Å². The molecule has 0 heterocycles. The Morgan fingerprint density at radius 2 is 1.75 bits per heavy atom. The van der Waals surface area contributed by atoms with E-state index in [1.54, 1.807) is 12.1 Å². The highest BCUT2D eigenvalue weighted by molar-refractivity contribution is 7.99. The Labute approximate surface area is 241 Å². The maximum atomic E-state index is 13.4. The third-order valence-electron chi connectivity index (χ3n) is 5.09. The minimum absolute atomic E-state index is 0.000550. The van der Waals surface area contributed by atoms with Crippen LogP contribution in [0.3, 0.4) is 0 Å². The van der Waals surface area contributed by atoms with E-state index in [9.17, 15) is 31.2 Å². The monoisotopic (exact) mass is 633 g/mol. The normalized spacial score (nSPS) is 11.9. The van der Waals surface area contributed by atoms with Crippen LogP contribution in [0.15, 0.2) is 71.8 Å². The smallest absolute Gasteiger partial charge is 0.286 e. The van der Waals surface area contributed by atoms with Crippen LogP contribution in [0.1, 0.15) is 27.0 Å². The summed E-state index contributed by atoms with van der Waals surface area (Å²) in [6.45, 7) is 0. The van der Waals surface area contributed by atoms with Crippen LogP contribution in [0, 0.1) is 0 Å². The van der Waals surface area contributed by atoms with Gasteiger partial charge in [-0.15, -0.1) is 0 Å². The highest BCUT2D eigenvalue weighted by Gasteiger charge is 2.33. The van der Waals surface area contributed by atoms with E-state index < -0.39 is 44.6 Å². The molecular formula is C25H20Cl2F3N3O5S2. The molecule has 0 fully saturated rings. The largest absolute Gasteiger partial charge is 0.417 e. The SMILES string of the molecule is O=C(NN=Cc1ccc(Cl)c(C(F)(F)F)c1)N(C(=O)c1cccc(CSCCS(=O)(=O)O)c1)c1ccc(Cl)cc1. The molecule has 40 heavy (non-hydrogen) atoms. The van der Waals surface area contributed by atoms with Crippen LogP contribution in [0.25, 0.3) is 0 Å². The topological polar surface area (TPSA) is 116 Å². The molecule has 0 unspecified atom stereocenters. The molecule has 3 amide bonds. The number of benzene rings is 3. The molecule has 15 heteroatoms. The number of anilines is 1. The zero-order valence-electron chi connectivity index (χ0n) is 20.2. The van der Waals surface area contributed by atoms with Gasteiger partial charge in [0, 0.05) is 22.1 Å². The van der Waals surface area contributed by atoms with Gasteiger partial charge in [-0.2, -0.15) is 38.5 Å². The van der Waals surface area contributed by atoms with E-state index in [0.29, 0.717) is 16.3 Å². The maximum absolute atomic E-state index is 13.4. The molecule has 3 aromatic rings. The van der Waals surface area contributed by atoms with Gasteiger partial charge >= 0.3 is 12.2 Å². The van der Waals surface area contributed by atoms with E-state index >= 15 is 0 Å². The van der Waals surface area contributed by atoms with Crippen molar-refractivity contribution in [3.05, 3.63) is 99.0 Å². The third kappa shape index (κ3) is 9.24. The van der Waals surface area contributed by atoms with Gasteiger partial charge in [-0.05, 0) is 59.7 Å². The Morgan fingerprint density at radius 3 is 2.40 bits per heavy atom. The number of amides is 3. The van der Waals surface area contributed by atoms with Crippen LogP contribution in [0.5, 0.6) is 0 Å². The molecule has 0 aliphatic carbocycles. The van der Waals surface area contributed by atoms with E-state index in [1.807, 2.05) is 0 Å². The second-order valence-electron chi connectivity index (χ2n) is 8.07. The number of imide groups is 1. The Hall–Kier alpha value is -3.10. The number of carbonyl (C=O) groups excluding carboxylic acids is 2. The van der Waals surface area contributed by atoms with Crippen molar-refractivity contribution in [3.8, 4) is 0 Å². The fourth-order valence-corrected chi connectivity index (χ4v) is 5.47. The van der Waals surface area contributed by atoms with Crippen molar-refractivity contribution >= 4 is 68.9 Å². The van der Waals surface area contributed by atoms with Gasteiger partial charge in [0.25, 0.3) is 16.0 Å². The molecule has 0 aliphatic rings. The van der Waals surface area contributed by atoms with Gasteiger partial charge in [-0.1, -0.05) is 41.4 Å². The number of rotatable bonds is 9. The van der Waals surface area contributed by atoms with Crippen molar-refractivity contribution in [3.63, 3.8) is 0 Å². The van der Waals surface area contributed by atoms with Crippen molar-refractivity contribution in [2.45, 2.75) is 11.9 Å². The zero-order chi connectivity index (χ0) is 29.5. The van der Waals surface area contributed by atoms with Crippen molar-refractivity contribution < 1.29 is 35.7 Å². The molecule has 0 spiro atoms. The molecule has 3 rings (SSSR count). The molecule has 0 saturated heterocycles. The lowest BCUT2D eigenvalue weighted by molar-refractivity contribution is -0.137. The highest BCUT2D eigenvalue weighted by Crippen LogP contribution is 2.34. The lowest BCUT2D eigenvalue weighted by Crippen LogP contribution is -2.42. The molecule has 0 atom stereocenters. The Bertz CT molecular complexity index is 1520. The van der Waals surface area contributed by atoms with Crippen molar-refractivity contribution in [2.24, 2.45) is 5.10 Å². The molecular weight excluding hydrogens is 614 g/mol. The summed E-state index contributed by atoms with van der Waals surface area (Å²) >= 11 is 12.8. The second-order valence-corrected chi connectivity index (χ2v) is 11.6. The van der Waals surface area contributed by atoms with Crippen LogP contribution >= 0.6 is 35.0 Å². The number of urea groups is 1. The number of nitrogens with zero attached hydrogens (tertiary/aromatic N) is 2. The summed E-state index contributed by atoms with van der Waals surface area (Å²) in [6.07, 6.45) is -3.72. The standard InChI is InChI=1S/C25H20Cl2F3N3O5S2/c26-19-5-7-20(8-6-19)33(23(34)18-3-1-2-17(12-18)15-39-10-11-40(36,37)38)24(35)32-31-14-16-4-9-22(27)21(13-16)25(28,29)30/h1-9,12-14H,10-11,15H2,(H,32,35)(H,36,37,38). The summed E-state index contributed by atoms with van der Waals surface area (Å²) in [5.74, 6) is -0.707. The Balaban J connectivity index is 1.81. The summed E-state index contributed by atoms with van der Waals surface area (Å²) in [7, 11) is -4.09. The maximum Gasteiger partial charge on any atom is 0.417 e. The van der Waals surface area contributed by atoms with Crippen LogP contribution < -0.4 is 10.3 Å². The molecule has 0 aliphatic heterocycles. The van der Waals surface area contributed by atoms with E-state index in [4.69, 9.17) is 27.8 Å². The van der Waals surface area contributed by atoms with E-state index in [0.717, 1.165) is 23.2 Å². The quantitative estimate of drug-likeness (QED) is 0.120. The molecule has 0 aromatic heterocycles. The van der Waals surface area contributed by atoms with Crippen molar-refractivity contribution in [1.29, 1.82) is 0 Å². The van der Waals surface area contributed by atoms with E-state index in [1.165, 1.54) is 54.2 Å². The number of hydrogen-bond acceptors (Lipinski definition) is 6. The van der Waals surface area contributed by atoms with E-state index in [2.05, 4.69) is 10.5 Å². The molecule has 0 saturated carbocycles. The average Bonchev–Trinajstić information content (AvgIpc) is 2.88. The highest BCUT2D eigenvalue weighted by atomic mass is 35.5. The number of carbonyl (C=O) groups is 2. The van der Waals surface area contributed by atoms with Gasteiger partial charge in [0.15, 0.2) is 0 Å². The first-order valence-electron chi connectivity index (χ1n) is 11.2. The van der Waals surface area contributed by atoms with Gasteiger partial charge in [0.1, 0.15) is 0 Å². The molecule has 0 bridgehead atoms. The van der Waals surface area contributed by atoms with Gasteiger partial charge < -0.3 is 0 Å². The van der Waals surface area contributed by atoms with E-state index in [-0.39, 0.29) is 22.6 Å². The van der Waals surface area contributed by atoms with Gasteiger partial charge in [0.05, 0.1) is 28.2 Å². The number of hydrogen-bond donors (Lipinski definition) is 2. The summed E-state index contributed by atoms with van der Waals surface area (Å²) in [5.41, 5.74) is 1.99. The summed E-state index contributed by atoms with van der Waals surface area (Å²) in [4.78, 5) is 27.3. The molecule has 2 N–H and O–H groups in total. The number of hydrazone groups is 1. The summed E-state index contributed by atoms with van der Waals surface area (Å²) < 4.78 is 70.0. The molecule has 3 aromatic carbocycles. The summed E-state index contributed by atoms with van der Waals surface area (Å²) in [6, 6.07) is 14.1. The van der Waals surface area contributed by atoms with Crippen LogP contribution in [0.2, 0.25) is 10.0 Å². The number of alkyl halides is 3. The molecule has 0 radical (unpaired) electrons. The Kier molecular flexibility index (Phi) is 10.6. The van der Waals surface area contributed by atoms with Crippen molar-refractivity contribution in [1.82, 2.24) is 5.43 Å². The van der Waals surface area contributed by atoms with Gasteiger partial charge in [-0.25, -0.2) is 15.1 Å². The predicted octanol–water partition coefficient (Wildman–Crippen LogP) is 6.52. The van der Waals surface area contributed by atoms with Crippen LogP contribution in [0.4, 0.5) is 23.7 Å². The van der Waals surface area contributed by atoms with Crippen LogP contribution in [-0.4, -0.2) is 42.6 Å². The number of halogens is 5. The Morgan fingerprint density at radius 1 is 1.05 bits per heavy atom. The zero-order valence-corrected chi connectivity index (χ0v) is 23.4. The minimum Gasteiger partial charge on any atom is -0.286 e. The first kappa shape index (κ1) is 31.4. The summed E-state index contributed by atoms with van der Waals surface area (Å²) in [5, 5.41) is 3.55. The number of nitrogens with one attached hydrogen (secondary N) is 1. The number of thioether (sulfide) groups is 1. The first-order valence-corrected chi connectivity index (χ1v) is 14.7. The average molecular weight is 634 g/mol. The minimum atomic E-state index is -4.69. The molecule has 8 nitrogen and oxygen atoms in total. The first-order chi connectivity index (χ1) is 18.7. The van der Waals surface area contributed by atoms with Gasteiger partial charge in [-0.3, -0.25) is 9.35 Å². The lowest BCUT2D eigenvalue weighted by atomic mass is 10.1. The predicted molar refractivity (Wildman–Crippen MR) is 150 cm³/mol. The second kappa shape index (κ2) is 13.5. The third-order valence-corrected chi connectivity index (χ3v) is 7.68.